The highest BCUT2D eigenvalue weighted by Gasteiger charge is 2.44. The maximum absolute atomic E-state index is 12.6. The molecular formula is C16H26N4O2S. The highest BCUT2D eigenvalue weighted by atomic mass is 32.2. The van der Waals surface area contributed by atoms with Gasteiger partial charge in [0, 0.05) is 38.9 Å². The fourth-order valence-electron chi connectivity index (χ4n) is 4.02. The quantitative estimate of drug-likeness (QED) is 0.847. The summed E-state index contributed by atoms with van der Waals surface area (Å²) in [5.41, 5.74) is 0. The smallest absolute Gasteiger partial charge is 0.259 e. The molecule has 2 heterocycles. The molecule has 2 aliphatic carbocycles. The average Bonchev–Trinajstić information content (AvgIpc) is 3.07. The third kappa shape index (κ3) is 3.32. The fourth-order valence-corrected chi connectivity index (χ4v) is 5.28. The van der Waals surface area contributed by atoms with Gasteiger partial charge in [-0.25, -0.2) is 18.1 Å². The molecule has 4 rings (SSSR count). The van der Waals surface area contributed by atoms with Crippen molar-refractivity contribution in [3.63, 3.8) is 0 Å². The van der Waals surface area contributed by atoms with Gasteiger partial charge in [-0.1, -0.05) is 6.42 Å². The van der Waals surface area contributed by atoms with Crippen LogP contribution in [0, 0.1) is 17.8 Å². The summed E-state index contributed by atoms with van der Waals surface area (Å²) in [6.07, 6.45) is 9.65. The van der Waals surface area contributed by atoms with Crippen molar-refractivity contribution in [2.45, 2.75) is 43.2 Å². The van der Waals surface area contributed by atoms with Crippen LogP contribution in [-0.4, -0.2) is 48.5 Å². The van der Waals surface area contributed by atoms with Crippen molar-refractivity contribution in [2.24, 2.45) is 24.8 Å². The average molecular weight is 338 g/mol. The molecule has 1 N–H and O–H groups in total. The minimum absolute atomic E-state index is 0.0367. The van der Waals surface area contributed by atoms with Gasteiger partial charge >= 0.3 is 0 Å². The third-order valence-electron chi connectivity index (χ3n) is 5.67. The summed E-state index contributed by atoms with van der Waals surface area (Å²) >= 11 is 0. The number of nitrogens with one attached hydrogen (secondary N) is 1. The lowest BCUT2D eigenvalue weighted by atomic mass is 9.85. The minimum Gasteiger partial charge on any atom is -0.339 e. The molecule has 0 unspecified atom stereocenters. The molecular weight excluding hydrogens is 312 g/mol. The van der Waals surface area contributed by atoms with Crippen LogP contribution < -0.4 is 4.72 Å². The van der Waals surface area contributed by atoms with Gasteiger partial charge in [0.1, 0.15) is 0 Å². The zero-order chi connectivity index (χ0) is 16.0. The van der Waals surface area contributed by atoms with Crippen LogP contribution in [0.4, 0.5) is 0 Å². The lowest BCUT2D eigenvalue weighted by Crippen LogP contribution is -2.41. The molecule has 0 bridgehead atoms. The Morgan fingerprint density at radius 2 is 2.04 bits per heavy atom. The molecule has 0 spiro atoms. The standard InChI is InChI=1S/C16H26N4O2S/c1-19-10-16(17-11-19)23(21,22)18-15-9-20(7-12-3-2-4-12)8-14(15)13-5-6-13/h10-15,18H,2-9H2,1H3/t14-,15+/m0/s1. The van der Waals surface area contributed by atoms with Gasteiger partial charge in [0.2, 0.25) is 0 Å². The molecule has 7 heteroatoms. The molecule has 1 aromatic heterocycles. The van der Waals surface area contributed by atoms with E-state index in [1.54, 1.807) is 17.8 Å². The summed E-state index contributed by atoms with van der Waals surface area (Å²) in [6, 6.07) is 0.0367. The predicted octanol–water partition coefficient (Wildman–Crippen LogP) is 1.21. The van der Waals surface area contributed by atoms with Crippen LogP contribution in [0.1, 0.15) is 32.1 Å². The number of sulfonamides is 1. The van der Waals surface area contributed by atoms with E-state index in [1.165, 1.54) is 38.4 Å². The molecule has 1 saturated heterocycles. The van der Waals surface area contributed by atoms with Crippen LogP contribution >= 0.6 is 0 Å². The van der Waals surface area contributed by atoms with Crippen LogP contribution in [0.5, 0.6) is 0 Å². The van der Waals surface area contributed by atoms with Crippen LogP contribution in [0.2, 0.25) is 0 Å². The number of rotatable bonds is 6. The summed E-state index contributed by atoms with van der Waals surface area (Å²) in [5, 5.41) is 0.131. The first-order valence-electron chi connectivity index (χ1n) is 8.74. The molecule has 3 aliphatic rings. The zero-order valence-corrected chi connectivity index (χ0v) is 14.5. The van der Waals surface area contributed by atoms with Crippen molar-refractivity contribution in [3.8, 4) is 0 Å². The number of hydrogen-bond donors (Lipinski definition) is 1. The fraction of sp³-hybridized carbons (Fsp3) is 0.812. The Bertz CT molecular complexity index is 663. The lowest BCUT2D eigenvalue weighted by Gasteiger charge is -2.30. The van der Waals surface area contributed by atoms with E-state index in [1.807, 2.05) is 0 Å². The van der Waals surface area contributed by atoms with Gasteiger partial charge in [0.15, 0.2) is 5.03 Å². The second-order valence-corrected chi connectivity index (χ2v) is 9.28. The van der Waals surface area contributed by atoms with E-state index in [4.69, 9.17) is 0 Å². The van der Waals surface area contributed by atoms with Crippen LogP contribution in [0.25, 0.3) is 0 Å². The Kier molecular flexibility index (Phi) is 3.98. The Morgan fingerprint density at radius 3 is 2.61 bits per heavy atom. The molecule has 0 amide bonds. The van der Waals surface area contributed by atoms with Crippen LogP contribution in [0.3, 0.4) is 0 Å². The van der Waals surface area contributed by atoms with E-state index in [2.05, 4.69) is 14.6 Å². The van der Waals surface area contributed by atoms with Gasteiger partial charge in [-0.15, -0.1) is 0 Å². The lowest BCUT2D eigenvalue weighted by molar-refractivity contribution is 0.198. The molecule has 2 atom stereocenters. The summed E-state index contributed by atoms with van der Waals surface area (Å²) in [5.74, 6) is 2.01. The molecule has 0 radical (unpaired) electrons. The summed E-state index contributed by atoms with van der Waals surface area (Å²) < 4.78 is 29.8. The maximum atomic E-state index is 12.6. The minimum atomic E-state index is -3.51. The normalized spacial score (nSPS) is 29.8. The monoisotopic (exact) mass is 338 g/mol. The second-order valence-electron chi connectivity index (χ2n) is 7.62. The van der Waals surface area contributed by atoms with Gasteiger partial charge in [0.25, 0.3) is 10.0 Å². The number of likely N-dealkylation sites (tertiary alicyclic amines) is 1. The van der Waals surface area contributed by atoms with Gasteiger partial charge in [-0.05, 0) is 43.4 Å². The molecule has 128 valence electrons. The Labute approximate surface area is 138 Å². The molecule has 1 aromatic rings. The highest BCUT2D eigenvalue weighted by molar-refractivity contribution is 7.89. The number of hydrogen-bond acceptors (Lipinski definition) is 4. The summed E-state index contributed by atoms with van der Waals surface area (Å²) in [6.45, 7) is 3.05. The van der Waals surface area contributed by atoms with Crippen LogP contribution in [-0.2, 0) is 17.1 Å². The number of aryl methyl sites for hydroxylation is 1. The summed E-state index contributed by atoms with van der Waals surface area (Å²) in [4.78, 5) is 6.49. The topological polar surface area (TPSA) is 67.2 Å². The van der Waals surface area contributed by atoms with E-state index in [0.717, 1.165) is 25.6 Å². The molecule has 3 fully saturated rings. The first kappa shape index (κ1) is 15.6. The van der Waals surface area contributed by atoms with E-state index in [9.17, 15) is 8.42 Å². The number of aromatic nitrogens is 2. The van der Waals surface area contributed by atoms with Gasteiger partial charge in [-0.3, -0.25) is 0 Å². The van der Waals surface area contributed by atoms with E-state index in [-0.39, 0.29) is 11.1 Å². The Morgan fingerprint density at radius 1 is 1.26 bits per heavy atom. The maximum Gasteiger partial charge on any atom is 0.259 e. The molecule has 0 aromatic carbocycles. The second kappa shape index (κ2) is 5.86. The number of imidazole rings is 1. The largest absolute Gasteiger partial charge is 0.339 e. The van der Waals surface area contributed by atoms with Crippen molar-refractivity contribution < 1.29 is 8.42 Å². The van der Waals surface area contributed by atoms with Crippen molar-refractivity contribution in [3.05, 3.63) is 12.5 Å². The molecule has 6 nitrogen and oxygen atoms in total. The van der Waals surface area contributed by atoms with E-state index >= 15 is 0 Å². The highest BCUT2D eigenvalue weighted by Crippen LogP contribution is 2.42. The molecule has 23 heavy (non-hydrogen) atoms. The van der Waals surface area contributed by atoms with Crippen molar-refractivity contribution in [1.29, 1.82) is 0 Å². The van der Waals surface area contributed by atoms with Gasteiger partial charge in [0.05, 0.1) is 6.33 Å². The third-order valence-corrected chi connectivity index (χ3v) is 7.05. The zero-order valence-electron chi connectivity index (χ0n) is 13.7. The molecule has 2 saturated carbocycles. The molecule has 1 aliphatic heterocycles. The van der Waals surface area contributed by atoms with E-state index in [0.29, 0.717) is 11.8 Å². The van der Waals surface area contributed by atoms with E-state index < -0.39 is 10.0 Å². The Hall–Kier alpha value is -0.920. The summed E-state index contributed by atoms with van der Waals surface area (Å²) in [7, 11) is -1.73. The first-order chi connectivity index (χ1) is 11.0. The van der Waals surface area contributed by atoms with Crippen molar-refractivity contribution in [1.82, 2.24) is 19.2 Å². The first-order valence-corrected chi connectivity index (χ1v) is 10.2. The van der Waals surface area contributed by atoms with Crippen molar-refractivity contribution >= 4 is 10.0 Å². The van der Waals surface area contributed by atoms with Gasteiger partial charge in [-0.2, -0.15) is 0 Å². The Balaban J connectivity index is 1.45. The number of nitrogens with zero attached hydrogens (tertiary/aromatic N) is 3. The van der Waals surface area contributed by atoms with Crippen molar-refractivity contribution in [2.75, 3.05) is 19.6 Å². The van der Waals surface area contributed by atoms with Crippen LogP contribution in [0.15, 0.2) is 17.6 Å². The SMILES string of the molecule is Cn1cnc(S(=O)(=O)N[C@@H]2CN(CC3CCC3)C[C@H]2C2CC2)c1. The predicted molar refractivity (Wildman–Crippen MR) is 87.3 cm³/mol. The van der Waals surface area contributed by atoms with Gasteiger partial charge < -0.3 is 9.47 Å².